The predicted octanol–water partition coefficient (Wildman–Crippen LogP) is 5.64. The quantitative estimate of drug-likeness (QED) is 0.390. The van der Waals surface area contributed by atoms with Crippen LogP contribution in [0.5, 0.6) is 5.75 Å². The fourth-order valence-corrected chi connectivity index (χ4v) is 4.24. The molecule has 4 nitrogen and oxygen atoms in total. The number of pyridine rings is 1. The second-order valence-corrected chi connectivity index (χ2v) is 8.81. The Morgan fingerprint density at radius 1 is 0.912 bits per heavy atom. The van der Waals surface area contributed by atoms with Gasteiger partial charge in [-0.25, -0.2) is 8.78 Å². The van der Waals surface area contributed by atoms with Crippen molar-refractivity contribution in [3.63, 3.8) is 0 Å². The topological polar surface area (TPSA) is 42.4 Å². The van der Waals surface area contributed by atoms with Crippen LogP contribution in [0.3, 0.4) is 0 Å². The third-order valence-electron chi connectivity index (χ3n) is 6.13. The van der Waals surface area contributed by atoms with Gasteiger partial charge in [0.25, 0.3) is 0 Å². The lowest BCUT2D eigenvalue weighted by Gasteiger charge is -2.26. The number of carbonyl (C=O) groups is 1. The second-order valence-electron chi connectivity index (χ2n) is 8.81. The van der Waals surface area contributed by atoms with Gasteiger partial charge in [-0.1, -0.05) is 24.6 Å². The molecule has 2 heterocycles. The Bertz CT molecular complexity index is 1080. The Morgan fingerprint density at radius 2 is 1.68 bits per heavy atom. The number of nitrogens with zero attached hydrogens (tertiary/aromatic N) is 2. The monoisotopic (exact) mass is 464 g/mol. The number of benzene rings is 2. The lowest BCUT2D eigenvalue weighted by atomic mass is 10.0. The number of aromatic nitrogens is 1. The number of halogens is 2. The molecule has 0 N–H and O–H groups in total. The fraction of sp³-hybridized carbons (Fsp3) is 0.357. The SMILES string of the molecule is O=C(CCc1cc(F)cc(OCCN2CCCCC2)c1)Cc1ccc(-c2ccc(F)cc2)cn1. The Morgan fingerprint density at radius 3 is 2.41 bits per heavy atom. The van der Waals surface area contributed by atoms with Crippen molar-refractivity contribution < 1.29 is 18.3 Å². The zero-order chi connectivity index (χ0) is 23.8. The van der Waals surface area contributed by atoms with Crippen LogP contribution in [-0.4, -0.2) is 41.9 Å². The first kappa shape index (κ1) is 24.0. The molecule has 1 aliphatic rings. The van der Waals surface area contributed by atoms with Gasteiger partial charge in [0.05, 0.1) is 0 Å². The summed E-state index contributed by atoms with van der Waals surface area (Å²) < 4.78 is 33.0. The van der Waals surface area contributed by atoms with Crippen molar-refractivity contribution in [1.82, 2.24) is 9.88 Å². The highest BCUT2D eigenvalue weighted by atomic mass is 19.1. The number of carbonyl (C=O) groups excluding carboxylic acids is 1. The summed E-state index contributed by atoms with van der Waals surface area (Å²) in [6.45, 7) is 3.58. The normalized spacial score (nSPS) is 14.2. The zero-order valence-corrected chi connectivity index (χ0v) is 19.3. The Hall–Kier alpha value is -3.12. The molecule has 0 saturated carbocycles. The highest BCUT2D eigenvalue weighted by Crippen LogP contribution is 2.20. The summed E-state index contributed by atoms with van der Waals surface area (Å²) in [5.74, 6) is -0.0827. The standard InChI is InChI=1S/C28H30F2N2O2/c29-24-8-5-22(6-9-24)23-7-10-26(31-20-23)19-27(33)11-4-21-16-25(30)18-28(17-21)34-15-14-32-12-2-1-3-13-32/h5-10,16-18,20H,1-4,11-15,19H2. The van der Waals surface area contributed by atoms with Gasteiger partial charge in [0.1, 0.15) is 29.8 Å². The molecule has 1 fully saturated rings. The van der Waals surface area contributed by atoms with Crippen LogP contribution in [-0.2, 0) is 17.6 Å². The summed E-state index contributed by atoms with van der Waals surface area (Å²) in [5, 5.41) is 0. The molecule has 178 valence electrons. The number of hydrogen-bond acceptors (Lipinski definition) is 4. The number of Topliss-reactive ketones (excluding diaryl/α,β-unsaturated/α-hetero) is 1. The summed E-state index contributed by atoms with van der Waals surface area (Å²) in [4.78, 5) is 19.2. The number of hydrogen-bond donors (Lipinski definition) is 0. The fourth-order valence-electron chi connectivity index (χ4n) is 4.24. The molecular weight excluding hydrogens is 434 g/mol. The predicted molar refractivity (Wildman–Crippen MR) is 129 cm³/mol. The smallest absolute Gasteiger partial charge is 0.139 e. The van der Waals surface area contributed by atoms with E-state index in [1.165, 1.54) is 43.5 Å². The van der Waals surface area contributed by atoms with Crippen LogP contribution in [0.15, 0.2) is 60.8 Å². The van der Waals surface area contributed by atoms with Gasteiger partial charge in [0.15, 0.2) is 0 Å². The van der Waals surface area contributed by atoms with Crippen LogP contribution in [0.4, 0.5) is 8.78 Å². The second kappa shape index (κ2) is 11.8. The van der Waals surface area contributed by atoms with Gasteiger partial charge in [-0.05, 0) is 73.8 Å². The van der Waals surface area contributed by atoms with Gasteiger partial charge in [-0.3, -0.25) is 14.7 Å². The summed E-state index contributed by atoms with van der Waals surface area (Å²) in [7, 11) is 0. The van der Waals surface area contributed by atoms with Gasteiger partial charge in [0, 0.05) is 42.9 Å². The average molecular weight is 465 g/mol. The summed E-state index contributed by atoms with van der Waals surface area (Å²) in [6, 6.07) is 14.6. The Labute approximate surface area is 199 Å². The molecule has 34 heavy (non-hydrogen) atoms. The molecule has 0 radical (unpaired) electrons. The molecule has 0 atom stereocenters. The third kappa shape index (κ3) is 7.19. The lowest BCUT2D eigenvalue weighted by Crippen LogP contribution is -2.33. The molecule has 0 bridgehead atoms. The van der Waals surface area contributed by atoms with Crippen LogP contribution in [0.2, 0.25) is 0 Å². The van der Waals surface area contributed by atoms with Gasteiger partial charge in [-0.2, -0.15) is 0 Å². The maximum Gasteiger partial charge on any atom is 0.139 e. The van der Waals surface area contributed by atoms with Crippen LogP contribution in [0.1, 0.15) is 36.9 Å². The molecule has 0 amide bonds. The molecular formula is C28H30F2N2O2. The van der Waals surface area contributed by atoms with Gasteiger partial charge in [-0.15, -0.1) is 0 Å². The third-order valence-corrected chi connectivity index (χ3v) is 6.13. The number of ketones is 1. The number of rotatable bonds is 10. The largest absolute Gasteiger partial charge is 0.492 e. The highest BCUT2D eigenvalue weighted by Gasteiger charge is 2.11. The first-order valence-electron chi connectivity index (χ1n) is 11.9. The van der Waals surface area contributed by atoms with E-state index in [1.807, 2.05) is 18.2 Å². The van der Waals surface area contributed by atoms with Gasteiger partial charge >= 0.3 is 0 Å². The van der Waals surface area contributed by atoms with Crippen LogP contribution in [0, 0.1) is 11.6 Å². The van der Waals surface area contributed by atoms with E-state index < -0.39 is 0 Å². The number of aryl methyl sites for hydroxylation is 1. The van der Waals surface area contributed by atoms with E-state index in [9.17, 15) is 13.6 Å². The van der Waals surface area contributed by atoms with E-state index in [0.717, 1.165) is 36.3 Å². The van der Waals surface area contributed by atoms with E-state index in [-0.39, 0.29) is 23.8 Å². The molecule has 4 rings (SSSR count). The first-order chi connectivity index (χ1) is 16.5. The minimum atomic E-state index is -0.351. The molecule has 1 aromatic heterocycles. The zero-order valence-electron chi connectivity index (χ0n) is 19.3. The highest BCUT2D eigenvalue weighted by molar-refractivity contribution is 5.80. The van der Waals surface area contributed by atoms with Crippen LogP contribution < -0.4 is 4.74 Å². The minimum absolute atomic E-state index is 0.0406. The summed E-state index contributed by atoms with van der Waals surface area (Å²) in [6.07, 6.45) is 6.41. The molecule has 1 saturated heterocycles. The van der Waals surface area contributed by atoms with Crippen LogP contribution >= 0.6 is 0 Å². The number of likely N-dealkylation sites (tertiary alicyclic amines) is 1. The molecule has 0 unspecified atom stereocenters. The van der Waals surface area contributed by atoms with Crippen molar-refractivity contribution in [2.75, 3.05) is 26.2 Å². The number of piperidine rings is 1. The number of ether oxygens (including phenoxy) is 1. The average Bonchev–Trinajstić information content (AvgIpc) is 2.84. The van der Waals surface area contributed by atoms with E-state index in [1.54, 1.807) is 18.3 Å². The molecule has 1 aliphatic heterocycles. The first-order valence-corrected chi connectivity index (χ1v) is 11.9. The van der Waals surface area contributed by atoms with Crippen molar-refractivity contribution in [2.24, 2.45) is 0 Å². The minimum Gasteiger partial charge on any atom is -0.492 e. The van der Waals surface area contributed by atoms with E-state index in [4.69, 9.17) is 4.74 Å². The molecule has 2 aromatic carbocycles. The van der Waals surface area contributed by atoms with Crippen molar-refractivity contribution in [3.05, 3.63) is 83.7 Å². The van der Waals surface area contributed by atoms with E-state index >= 15 is 0 Å². The molecule has 0 aliphatic carbocycles. The summed E-state index contributed by atoms with van der Waals surface area (Å²) >= 11 is 0. The van der Waals surface area contributed by atoms with E-state index in [0.29, 0.717) is 30.9 Å². The van der Waals surface area contributed by atoms with Crippen molar-refractivity contribution in [3.8, 4) is 16.9 Å². The van der Waals surface area contributed by atoms with Gasteiger partial charge in [0.2, 0.25) is 0 Å². The van der Waals surface area contributed by atoms with Crippen molar-refractivity contribution >= 4 is 5.78 Å². The van der Waals surface area contributed by atoms with Crippen molar-refractivity contribution in [2.45, 2.75) is 38.5 Å². The van der Waals surface area contributed by atoms with Crippen LogP contribution in [0.25, 0.3) is 11.1 Å². The molecule has 0 spiro atoms. The van der Waals surface area contributed by atoms with Crippen molar-refractivity contribution in [1.29, 1.82) is 0 Å². The Balaban J connectivity index is 1.25. The lowest BCUT2D eigenvalue weighted by molar-refractivity contribution is -0.118. The summed E-state index contributed by atoms with van der Waals surface area (Å²) in [5.41, 5.74) is 3.16. The Kier molecular flexibility index (Phi) is 8.36. The molecule has 6 heteroatoms. The van der Waals surface area contributed by atoms with E-state index in [2.05, 4.69) is 9.88 Å². The maximum absolute atomic E-state index is 14.1. The maximum atomic E-state index is 14.1. The molecule has 3 aromatic rings. The van der Waals surface area contributed by atoms with Gasteiger partial charge < -0.3 is 4.74 Å².